The van der Waals surface area contributed by atoms with E-state index in [1.54, 1.807) is 7.05 Å². The smallest absolute Gasteiger partial charge is 0.251 e. The highest BCUT2D eigenvalue weighted by atomic mass is 16.1. The van der Waals surface area contributed by atoms with E-state index in [-0.39, 0.29) is 5.91 Å². The number of aliphatic imine (C=N–C) groups is 1. The molecule has 0 aromatic heterocycles. The Morgan fingerprint density at radius 2 is 2.00 bits per heavy atom. The fraction of sp³-hybridized carbons (Fsp3) is 0.556. The van der Waals surface area contributed by atoms with Gasteiger partial charge in [-0.3, -0.25) is 9.79 Å². The van der Waals surface area contributed by atoms with Crippen LogP contribution in [-0.2, 0) is 6.54 Å². The van der Waals surface area contributed by atoms with E-state index in [2.05, 4.69) is 20.9 Å². The lowest BCUT2D eigenvalue weighted by molar-refractivity contribution is 0.0955. The highest BCUT2D eigenvalue weighted by Gasteiger charge is 2.14. The first kappa shape index (κ1) is 17.3. The van der Waals surface area contributed by atoms with Crippen molar-refractivity contribution >= 4 is 11.9 Å². The van der Waals surface area contributed by atoms with Crippen LogP contribution in [0.1, 0.15) is 54.9 Å². The first-order valence-corrected chi connectivity index (χ1v) is 8.57. The number of amides is 1. The molecule has 1 fully saturated rings. The van der Waals surface area contributed by atoms with Crippen LogP contribution in [-0.4, -0.2) is 31.5 Å². The Morgan fingerprint density at radius 1 is 1.22 bits per heavy atom. The molecule has 0 spiro atoms. The van der Waals surface area contributed by atoms with Gasteiger partial charge in [-0.1, -0.05) is 31.4 Å². The topological polar surface area (TPSA) is 65.5 Å². The van der Waals surface area contributed by atoms with Gasteiger partial charge in [-0.15, -0.1) is 0 Å². The standard InChI is InChI=1S/C18H28N4O/c1-3-20-17(23)15-9-7-8-14(12-15)13-21-18(19-2)22-16-10-5-4-6-11-16/h7-9,12,16H,3-6,10-11,13H2,1-2H3,(H,20,23)(H2,19,21,22). The van der Waals surface area contributed by atoms with Crippen molar-refractivity contribution in [2.75, 3.05) is 13.6 Å². The van der Waals surface area contributed by atoms with Crippen LogP contribution in [0.15, 0.2) is 29.3 Å². The largest absolute Gasteiger partial charge is 0.354 e. The summed E-state index contributed by atoms with van der Waals surface area (Å²) in [5.41, 5.74) is 1.77. The van der Waals surface area contributed by atoms with E-state index in [1.165, 1.54) is 32.1 Å². The van der Waals surface area contributed by atoms with Crippen molar-refractivity contribution in [3.63, 3.8) is 0 Å². The molecule has 0 bridgehead atoms. The van der Waals surface area contributed by atoms with Crippen LogP contribution in [0.3, 0.4) is 0 Å². The van der Waals surface area contributed by atoms with Crippen molar-refractivity contribution in [3.05, 3.63) is 35.4 Å². The molecule has 0 aliphatic heterocycles. The monoisotopic (exact) mass is 316 g/mol. The molecule has 5 nitrogen and oxygen atoms in total. The Labute approximate surface area is 139 Å². The van der Waals surface area contributed by atoms with E-state index in [1.807, 2.05) is 31.2 Å². The zero-order valence-electron chi connectivity index (χ0n) is 14.2. The minimum absolute atomic E-state index is 0.0286. The second-order valence-electron chi connectivity index (χ2n) is 5.96. The summed E-state index contributed by atoms with van der Waals surface area (Å²) in [6, 6.07) is 8.22. The minimum atomic E-state index is -0.0286. The van der Waals surface area contributed by atoms with E-state index < -0.39 is 0 Å². The highest BCUT2D eigenvalue weighted by Crippen LogP contribution is 2.17. The Bertz CT molecular complexity index is 536. The zero-order chi connectivity index (χ0) is 16.5. The molecule has 1 saturated carbocycles. The van der Waals surface area contributed by atoms with Crippen LogP contribution < -0.4 is 16.0 Å². The normalized spacial score (nSPS) is 16.0. The summed E-state index contributed by atoms with van der Waals surface area (Å²) in [6.45, 7) is 3.21. The van der Waals surface area contributed by atoms with Gasteiger partial charge in [0.05, 0.1) is 0 Å². The molecule has 0 saturated heterocycles. The first-order chi connectivity index (χ1) is 11.2. The SMILES string of the molecule is CCNC(=O)c1cccc(CNC(=NC)NC2CCCCC2)c1. The van der Waals surface area contributed by atoms with Crippen molar-refractivity contribution in [1.82, 2.24) is 16.0 Å². The van der Waals surface area contributed by atoms with Crippen molar-refractivity contribution in [1.29, 1.82) is 0 Å². The number of guanidine groups is 1. The molecule has 1 aliphatic rings. The predicted molar refractivity (Wildman–Crippen MR) is 94.7 cm³/mol. The molecule has 0 atom stereocenters. The van der Waals surface area contributed by atoms with E-state index in [4.69, 9.17) is 0 Å². The van der Waals surface area contributed by atoms with Gasteiger partial charge in [0, 0.05) is 31.7 Å². The molecule has 23 heavy (non-hydrogen) atoms. The average Bonchev–Trinajstić information content (AvgIpc) is 2.60. The average molecular weight is 316 g/mol. The lowest BCUT2D eigenvalue weighted by Crippen LogP contribution is -2.43. The molecule has 2 rings (SSSR count). The second-order valence-corrected chi connectivity index (χ2v) is 5.96. The fourth-order valence-electron chi connectivity index (χ4n) is 2.91. The second kappa shape index (κ2) is 9.18. The summed E-state index contributed by atoms with van der Waals surface area (Å²) < 4.78 is 0. The van der Waals surface area contributed by atoms with Crippen molar-refractivity contribution in [2.45, 2.75) is 51.6 Å². The van der Waals surface area contributed by atoms with E-state index >= 15 is 0 Å². The van der Waals surface area contributed by atoms with Gasteiger partial charge in [-0.2, -0.15) is 0 Å². The highest BCUT2D eigenvalue weighted by molar-refractivity contribution is 5.94. The van der Waals surface area contributed by atoms with Crippen LogP contribution in [0.25, 0.3) is 0 Å². The van der Waals surface area contributed by atoms with Gasteiger partial charge in [-0.05, 0) is 37.5 Å². The third-order valence-electron chi connectivity index (χ3n) is 4.16. The van der Waals surface area contributed by atoms with E-state index in [9.17, 15) is 4.79 Å². The number of nitrogens with zero attached hydrogens (tertiary/aromatic N) is 1. The molecule has 0 unspecified atom stereocenters. The molecular weight excluding hydrogens is 288 g/mol. The lowest BCUT2D eigenvalue weighted by Gasteiger charge is -2.24. The molecule has 1 aromatic rings. The maximum absolute atomic E-state index is 11.9. The van der Waals surface area contributed by atoms with Gasteiger partial charge in [-0.25, -0.2) is 0 Å². The quantitative estimate of drug-likeness (QED) is 0.577. The third-order valence-corrected chi connectivity index (χ3v) is 4.16. The molecule has 126 valence electrons. The summed E-state index contributed by atoms with van der Waals surface area (Å²) in [5, 5.41) is 9.66. The number of benzene rings is 1. The Morgan fingerprint density at radius 3 is 2.70 bits per heavy atom. The van der Waals surface area contributed by atoms with Crippen molar-refractivity contribution < 1.29 is 4.79 Å². The molecule has 1 aliphatic carbocycles. The number of hydrogen-bond acceptors (Lipinski definition) is 2. The number of carbonyl (C=O) groups is 1. The Balaban J connectivity index is 1.88. The van der Waals surface area contributed by atoms with Gasteiger partial charge < -0.3 is 16.0 Å². The lowest BCUT2D eigenvalue weighted by atomic mass is 9.96. The Kier molecular flexibility index (Phi) is 6.91. The van der Waals surface area contributed by atoms with Crippen LogP contribution in [0.2, 0.25) is 0 Å². The van der Waals surface area contributed by atoms with Crippen LogP contribution >= 0.6 is 0 Å². The fourth-order valence-corrected chi connectivity index (χ4v) is 2.91. The Hall–Kier alpha value is -2.04. The predicted octanol–water partition coefficient (Wildman–Crippen LogP) is 2.43. The van der Waals surface area contributed by atoms with Crippen LogP contribution in [0.4, 0.5) is 0 Å². The summed E-state index contributed by atoms with van der Waals surface area (Å²) in [5.74, 6) is 0.805. The number of nitrogens with one attached hydrogen (secondary N) is 3. The van der Waals surface area contributed by atoms with Gasteiger partial charge >= 0.3 is 0 Å². The van der Waals surface area contributed by atoms with E-state index in [0.717, 1.165) is 11.5 Å². The molecule has 0 heterocycles. The maximum Gasteiger partial charge on any atom is 0.251 e. The summed E-state index contributed by atoms with van der Waals surface area (Å²) in [6.07, 6.45) is 6.37. The van der Waals surface area contributed by atoms with Crippen LogP contribution in [0.5, 0.6) is 0 Å². The summed E-state index contributed by atoms with van der Waals surface area (Å²) >= 11 is 0. The summed E-state index contributed by atoms with van der Waals surface area (Å²) in [4.78, 5) is 16.2. The first-order valence-electron chi connectivity index (χ1n) is 8.57. The molecule has 5 heteroatoms. The molecule has 1 aromatic carbocycles. The van der Waals surface area contributed by atoms with Crippen LogP contribution in [0, 0.1) is 0 Å². The molecular formula is C18H28N4O. The number of hydrogen-bond donors (Lipinski definition) is 3. The maximum atomic E-state index is 11.9. The van der Waals surface area contributed by atoms with Gasteiger partial charge in [0.2, 0.25) is 0 Å². The third kappa shape index (κ3) is 5.58. The molecule has 3 N–H and O–H groups in total. The van der Waals surface area contributed by atoms with Crippen molar-refractivity contribution in [3.8, 4) is 0 Å². The number of carbonyl (C=O) groups excluding carboxylic acids is 1. The zero-order valence-corrected chi connectivity index (χ0v) is 14.2. The number of rotatable bonds is 5. The minimum Gasteiger partial charge on any atom is -0.354 e. The van der Waals surface area contributed by atoms with Crippen molar-refractivity contribution in [2.24, 2.45) is 4.99 Å². The van der Waals surface area contributed by atoms with Gasteiger partial charge in [0.15, 0.2) is 5.96 Å². The molecule has 1 amide bonds. The van der Waals surface area contributed by atoms with Gasteiger partial charge in [0.25, 0.3) is 5.91 Å². The molecule has 0 radical (unpaired) electrons. The van der Waals surface area contributed by atoms with Gasteiger partial charge in [0.1, 0.15) is 0 Å². The van der Waals surface area contributed by atoms with E-state index in [0.29, 0.717) is 24.7 Å². The summed E-state index contributed by atoms with van der Waals surface area (Å²) in [7, 11) is 1.79.